The van der Waals surface area contributed by atoms with Crippen molar-refractivity contribution in [2.75, 3.05) is 39.3 Å². The second-order valence-electron chi connectivity index (χ2n) is 9.15. The Hall–Kier alpha value is -2.85. The third kappa shape index (κ3) is 4.20. The number of halogens is 1. The Bertz CT molecular complexity index is 1120. The summed E-state index contributed by atoms with van der Waals surface area (Å²) in [6, 6.07) is 6.60. The molecule has 0 saturated carbocycles. The van der Waals surface area contributed by atoms with E-state index >= 15 is 0 Å². The van der Waals surface area contributed by atoms with Gasteiger partial charge in [-0.2, -0.15) is 0 Å². The van der Waals surface area contributed by atoms with Crippen LogP contribution in [0, 0.1) is 12.7 Å². The molecule has 8 nitrogen and oxygen atoms in total. The molecule has 0 aromatic heterocycles. The molecule has 0 radical (unpaired) electrons. The van der Waals surface area contributed by atoms with E-state index in [1.54, 1.807) is 6.07 Å². The molecule has 2 atom stereocenters. The highest BCUT2D eigenvalue weighted by Gasteiger charge is 2.30. The van der Waals surface area contributed by atoms with Crippen LogP contribution in [0.1, 0.15) is 60.7 Å². The van der Waals surface area contributed by atoms with Crippen molar-refractivity contribution in [3.63, 3.8) is 0 Å². The number of rotatable bonds is 6. The van der Waals surface area contributed by atoms with Crippen LogP contribution in [-0.4, -0.2) is 71.2 Å². The number of carbonyl (C=O) groups is 2. The molecule has 3 heterocycles. The topological polar surface area (TPSA) is 99.5 Å². The fraction of sp³-hybridized carbons (Fsp3) is 0.440. The number of carbonyl (C=O) groups excluding carboxylic acids is 2. The van der Waals surface area contributed by atoms with Gasteiger partial charge in [-0.3, -0.25) is 9.80 Å². The molecule has 1 fully saturated rings. The Morgan fingerprint density at radius 3 is 2.15 bits per heavy atom. The van der Waals surface area contributed by atoms with Gasteiger partial charge in [0.2, 0.25) is 0 Å². The highest BCUT2D eigenvalue weighted by Crippen LogP contribution is 2.30. The number of piperazine rings is 1. The molecule has 2 N–H and O–H groups in total. The van der Waals surface area contributed by atoms with Crippen LogP contribution < -0.4 is 0 Å². The zero-order chi connectivity index (χ0) is 24.0. The number of benzene rings is 2. The molecule has 3 aliphatic heterocycles. The lowest BCUT2D eigenvalue weighted by atomic mass is 9.96. The Labute approximate surface area is 196 Å². The SMILES string of the molecule is Cc1cc2c(cc1C(O)CN1CCN(CC(O)c3ccc4c(c3F)COC4=O)CC1)COC2=O. The quantitative estimate of drug-likeness (QED) is 0.618. The highest BCUT2D eigenvalue weighted by atomic mass is 19.1. The Kier molecular flexibility index (Phi) is 6.11. The predicted octanol–water partition coefficient (Wildman–Crippen LogP) is 1.86. The van der Waals surface area contributed by atoms with Gasteiger partial charge in [-0.25, -0.2) is 14.0 Å². The van der Waals surface area contributed by atoms with Gasteiger partial charge in [0.1, 0.15) is 19.0 Å². The lowest BCUT2D eigenvalue weighted by Gasteiger charge is -2.36. The van der Waals surface area contributed by atoms with Gasteiger partial charge in [0.25, 0.3) is 0 Å². The first kappa shape index (κ1) is 22.9. The Morgan fingerprint density at radius 1 is 0.882 bits per heavy atom. The van der Waals surface area contributed by atoms with Crippen LogP contribution in [0.3, 0.4) is 0 Å². The summed E-state index contributed by atoms with van der Waals surface area (Å²) >= 11 is 0. The number of cyclic esters (lactones) is 2. The minimum atomic E-state index is -1.02. The van der Waals surface area contributed by atoms with E-state index in [0.717, 1.165) is 16.7 Å². The van der Waals surface area contributed by atoms with Gasteiger partial charge in [0, 0.05) is 56.0 Å². The van der Waals surface area contributed by atoms with Crippen LogP contribution in [0.15, 0.2) is 24.3 Å². The van der Waals surface area contributed by atoms with Gasteiger partial charge in [0.15, 0.2) is 0 Å². The molecule has 34 heavy (non-hydrogen) atoms. The smallest absolute Gasteiger partial charge is 0.338 e. The number of ether oxygens (including phenoxy) is 2. The molecular formula is C25H27FN2O6. The fourth-order valence-corrected chi connectivity index (χ4v) is 4.95. The maximum absolute atomic E-state index is 14.8. The van der Waals surface area contributed by atoms with Gasteiger partial charge in [-0.15, -0.1) is 0 Å². The van der Waals surface area contributed by atoms with Crippen molar-refractivity contribution in [2.24, 2.45) is 0 Å². The molecule has 0 aliphatic carbocycles. The van der Waals surface area contributed by atoms with Crippen molar-refractivity contribution < 1.29 is 33.7 Å². The van der Waals surface area contributed by atoms with Gasteiger partial charge >= 0.3 is 11.9 Å². The molecule has 0 bridgehead atoms. The second kappa shape index (κ2) is 9.07. The van der Waals surface area contributed by atoms with Crippen molar-refractivity contribution in [3.05, 3.63) is 69.0 Å². The second-order valence-corrected chi connectivity index (χ2v) is 9.15. The number of aliphatic hydroxyl groups is 2. The minimum Gasteiger partial charge on any atom is -0.457 e. The molecular weight excluding hydrogens is 443 g/mol. The number of hydrogen-bond donors (Lipinski definition) is 2. The molecule has 0 amide bonds. The van der Waals surface area contributed by atoms with Gasteiger partial charge in [0.05, 0.1) is 23.3 Å². The third-order valence-corrected chi connectivity index (χ3v) is 6.96. The van der Waals surface area contributed by atoms with E-state index in [9.17, 15) is 24.2 Å². The van der Waals surface area contributed by atoms with Crippen LogP contribution >= 0.6 is 0 Å². The first-order chi connectivity index (χ1) is 16.3. The normalized spacial score (nSPS) is 20.0. The molecule has 2 aromatic carbocycles. The average Bonchev–Trinajstić information content (AvgIpc) is 3.37. The molecule has 3 aliphatic rings. The predicted molar refractivity (Wildman–Crippen MR) is 119 cm³/mol. The molecule has 9 heteroatoms. The molecule has 0 spiro atoms. The summed E-state index contributed by atoms with van der Waals surface area (Å²) in [6.07, 6.45) is -1.71. The van der Waals surface area contributed by atoms with E-state index in [1.807, 2.05) is 13.0 Å². The molecule has 5 rings (SSSR count). The number of aliphatic hydroxyl groups excluding tert-OH is 2. The van der Waals surface area contributed by atoms with Gasteiger partial charge < -0.3 is 19.7 Å². The summed E-state index contributed by atoms with van der Waals surface area (Å²) in [5, 5.41) is 21.5. The Morgan fingerprint density at radius 2 is 1.47 bits per heavy atom. The van der Waals surface area contributed by atoms with E-state index in [2.05, 4.69) is 9.80 Å². The summed E-state index contributed by atoms with van der Waals surface area (Å²) < 4.78 is 24.7. The largest absolute Gasteiger partial charge is 0.457 e. The van der Waals surface area contributed by atoms with Crippen LogP contribution in [-0.2, 0) is 22.7 Å². The third-order valence-electron chi connectivity index (χ3n) is 6.96. The minimum absolute atomic E-state index is 0.103. The number of β-amino-alcohol motifs (C(OH)–C–C–N with tert-alkyl or cyclic N) is 2. The summed E-state index contributed by atoms with van der Waals surface area (Å²) in [5.74, 6) is -1.43. The summed E-state index contributed by atoms with van der Waals surface area (Å²) in [4.78, 5) is 27.5. The lowest BCUT2D eigenvalue weighted by molar-refractivity contribution is 0.0470. The van der Waals surface area contributed by atoms with Crippen LogP contribution in [0.25, 0.3) is 0 Å². The van der Waals surface area contributed by atoms with Gasteiger partial charge in [-0.05, 0) is 36.2 Å². The number of esters is 2. The van der Waals surface area contributed by atoms with Crippen molar-refractivity contribution in [1.82, 2.24) is 9.80 Å². The zero-order valence-corrected chi connectivity index (χ0v) is 18.9. The number of aryl methyl sites for hydroxylation is 1. The number of nitrogens with zero attached hydrogens (tertiary/aromatic N) is 2. The summed E-state index contributed by atoms with van der Waals surface area (Å²) in [7, 11) is 0. The van der Waals surface area contributed by atoms with Crippen LogP contribution in [0.2, 0.25) is 0 Å². The van der Waals surface area contributed by atoms with Crippen molar-refractivity contribution in [2.45, 2.75) is 32.3 Å². The molecule has 2 unspecified atom stereocenters. The molecule has 180 valence electrons. The lowest BCUT2D eigenvalue weighted by Crippen LogP contribution is -2.48. The fourth-order valence-electron chi connectivity index (χ4n) is 4.95. The van der Waals surface area contributed by atoms with E-state index in [4.69, 9.17) is 9.47 Å². The van der Waals surface area contributed by atoms with E-state index in [-0.39, 0.29) is 42.4 Å². The van der Waals surface area contributed by atoms with Crippen LogP contribution in [0.5, 0.6) is 0 Å². The maximum Gasteiger partial charge on any atom is 0.338 e. The maximum atomic E-state index is 14.8. The van der Waals surface area contributed by atoms with E-state index < -0.39 is 24.0 Å². The summed E-state index contributed by atoms with van der Waals surface area (Å²) in [6.45, 7) is 5.49. The van der Waals surface area contributed by atoms with E-state index in [1.165, 1.54) is 12.1 Å². The van der Waals surface area contributed by atoms with E-state index in [0.29, 0.717) is 38.3 Å². The van der Waals surface area contributed by atoms with Crippen LogP contribution in [0.4, 0.5) is 4.39 Å². The van der Waals surface area contributed by atoms with Crippen molar-refractivity contribution >= 4 is 11.9 Å². The number of fused-ring (bicyclic) bond motifs is 2. The highest BCUT2D eigenvalue weighted by molar-refractivity contribution is 5.94. The average molecular weight is 470 g/mol. The zero-order valence-electron chi connectivity index (χ0n) is 18.9. The first-order valence-corrected chi connectivity index (χ1v) is 11.4. The van der Waals surface area contributed by atoms with Gasteiger partial charge in [-0.1, -0.05) is 6.07 Å². The Balaban J connectivity index is 1.16. The van der Waals surface area contributed by atoms with Crippen molar-refractivity contribution in [3.8, 4) is 0 Å². The molecule has 2 aromatic rings. The summed E-state index contributed by atoms with van der Waals surface area (Å²) in [5.41, 5.74) is 3.62. The monoisotopic (exact) mass is 470 g/mol. The number of hydrogen-bond acceptors (Lipinski definition) is 8. The molecule has 1 saturated heterocycles. The van der Waals surface area contributed by atoms with Crippen molar-refractivity contribution in [1.29, 1.82) is 0 Å². The standard InChI is InChI=1S/C25H27FN2O6/c1-14-8-19-15(12-33-25(19)32)9-18(14)22(30)11-28-6-4-27(5-7-28)10-21(29)17-3-2-16-20(23(17)26)13-34-24(16)31/h2-3,8-9,21-22,29-30H,4-7,10-13H2,1H3. The first-order valence-electron chi connectivity index (χ1n) is 11.4.